The number of nitrogens with one attached hydrogen (secondary N) is 2. The summed E-state index contributed by atoms with van der Waals surface area (Å²) in [5.41, 5.74) is 1.12. The maximum absolute atomic E-state index is 15.7. The van der Waals surface area contributed by atoms with Gasteiger partial charge in [0.05, 0.1) is 6.04 Å². The first-order chi connectivity index (χ1) is 22.0. The lowest BCUT2D eigenvalue weighted by Crippen LogP contribution is -2.56. The van der Waals surface area contributed by atoms with Crippen LogP contribution in [-0.4, -0.2) is 102 Å². The molecule has 0 radical (unpaired) electrons. The van der Waals surface area contributed by atoms with E-state index in [1.54, 1.807) is 40.9 Å². The number of rotatable bonds is 13. The van der Waals surface area contributed by atoms with Gasteiger partial charge < -0.3 is 25.2 Å². The summed E-state index contributed by atoms with van der Waals surface area (Å²) in [4.78, 5) is 57.0. The van der Waals surface area contributed by atoms with Gasteiger partial charge >= 0.3 is 0 Å². The van der Waals surface area contributed by atoms with Gasteiger partial charge in [0.15, 0.2) is 5.78 Å². The van der Waals surface area contributed by atoms with Gasteiger partial charge in [-0.3, -0.25) is 23.9 Å². The molecule has 1 aliphatic carbocycles. The standard InChI is InChI=1S/C34H49FN6O5/c1-6-41-28(13-14-36-41)33(44)38-32(24-9-7-22(2)8-10-24)29(42)20-26-12-11-25(19-27(26)35)23(3)31(37-30(43)21-46-5)34(45)40-17-15-39(4)16-18-40/h11-14,19,22-24,31-32H,6-10,15-18,20-21H2,1-5H3,(H,37,43)(H,38,44)/t22?,23-,24?,31+,32-/m0/s1. The number of methoxy groups -OCH3 is 1. The zero-order valence-electron chi connectivity index (χ0n) is 27.8. The third-order valence-electron chi connectivity index (χ3n) is 9.55. The van der Waals surface area contributed by atoms with E-state index in [4.69, 9.17) is 4.74 Å². The predicted octanol–water partition coefficient (Wildman–Crippen LogP) is 2.79. The number of benzene rings is 1. The van der Waals surface area contributed by atoms with Crippen LogP contribution in [-0.2, 0) is 32.1 Å². The summed E-state index contributed by atoms with van der Waals surface area (Å²) >= 11 is 0. The van der Waals surface area contributed by atoms with E-state index in [0.29, 0.717) is 36.8 Å². The van der Waals surface area contributed by atoms with Crippen molar-refractivity contribution in [1.29, 1.82) is 0 Å². The number of carbonyl (C=O) groups is 4. The number of likely N-dealkylation sites (N-methyl/N-ethyl adjacent to an activating group) is 1. The number of piperazine rings is 1. The van der Waals surface area contributed by atoms with Crippen molar-refractivity contribution in [1.82, 2.24) is 30.2 Å². The second-order valence-corrected chi connectivity index (χ2v) is 12.9. The summed E-state index contributed by atoms with van der Waals surface area (Å²) in [6, 6.07) is 4.58. The molecule has 3 atom stereocenters. The van der Waals surface area contributed by atoms with Gasteiger partial charge in [-0.15, -0.1) is 0 Å². The first-order valence-electron chi connectivity index (χ1n) is 16.4. The first kappa shape index (κ1) is 35.2. The molecule has 3 amide bonds. The smallest absolute Gasteiger partial charge is 0.270 e. The van der Waals surface area contributed by atoms with Gasteiger partial charge in [-0.2, -0.15) is 5.10 Å². The van der Waals surface area contributed by atoms with E-state index in [0.717, 1.165) is 38.8 Å². The number of aromatic nitrogens is 2. The molecule has 0 unspecified atom stereocenters. The Morgan fingerprint density at radius 2 is 1.74 bits per heavy atom. The topological polar surface area (TPSA) is 126 Å². The minimum atomic E-state index is -0.914. The van der Waals surface area contributed by atoms with Crippen LogP contribution in [0.15, 0.2) is 30.5 Å². The Kier molecular flexibility index (Phi) is 12.5. The van der Waals surface area contributed by atoms with E-state index in [9.17, 15) is 19.2 Å². The fraction of sp³-hybridized carbons (Fsp3) is 0.618. The Balaban J connectivity index is 1.52. The average molecular weight is 641 g/mol. The van der Waals surface area contributed by atoms with Crippen molar-refractivity contribution in [2.45, 2.75) is 77.4 Å². The Morgan fingerprint density at radius 3 is 2.37 bits per heavy atom. The van der Waals surface area contributed by atoms with E-state index in [2.05, 4.69) is 27.6 Å². The van der Waals surface area contributed by atoms with Crippen LogP contribution in [0.3, 0.4) is 0 Å². The second-order valence-electron chi connectivity index (χ2n) is 12.9. The summed E-state index contributed by atoms with van der Waals surface area (Å²) < 4.78 is 22.2. The Labute approximate surface area is 271 Å². The van der Waals surface area contributed by atoms with Crippen LogP contribution in [0.1, 0.15) is 74.0 Å². The van der Waals surface area contributed by atoms with Crippen LogP contribution in [0.4, 0.5) is 4.39 Å². The van der Waals surface area contributed by atoms with E-state index < -0.39 is 29.7 Å². The molecule has 0 spiro atoms. The van der Waals surface area contributed by atoms with Crippen molar-refractivity contribution in [3.05, 3.63) is 53.1 Å². The molecule has 1 aromatic heterocycles. The second kappa shape index (κ2) is 16.3. The fourth-order valence-electron chi connectivity index (χ4n) is 6.52. The molecule has 1 saturated carbocycles. The van der Waals surface area contributed by atoms with Crippen LogP contribution < -0.4 is 10.6 Å². The summed E-state index contributed by atoms with van der Waals surface area (Å²) in [5.74, 6) is -1.87. The number of halogens is 1. The number of Topliss-reactive ketones (excluding diaryl/α,β-unsaturated/α-hetero) is 1. The highest BCUT2D eigenvalue weighted by Crippen LogP contribution is 2.32. The fourth-order valence-corrected chi connectivity index (χ4v) is 6.52. The summed E-state index contributed by atoms with van der Waals surface area (Å²) in [7, 11) is 3.39. The third kappa shape index (κ3) is 8.79. The largest absolute Gasteiger partial charge is 0.375 e. The van der Waals surface area contributed by atoms with E-state index in [-0.39, 0.29) is 42.1 Å². The average Bonchev–Trinajstić information content (AvgIpc) is 3.53. The molecular formula is C34H49FN6O5. The Bertz CT molecular complexity index is 1370. The number of hydrogen-bond acceptors (Lipinski definition) is 7. The van der Waals surface area contributed by atoms with Crippen LogP contribution in [0.5, 0.6) is 0 Å². The Morgan fingerprint density at radius 1 is 1.04 bits per heavy atom. The molecule has 1 aromatic carbocycles. The number of hydrogen-bond donors (Lipinski definition) is 2. The lowest BCUT2D eigenvalue weighted by molar-refractivity contribution is -0.139. The SMILES string of the molecule is CCn1nccc1C(=O)N[C@H](C(=O)Cc1ccc([C@H](C)[C@@H](NC(=O)COC)C(=O)N2CCN(C)CC2)cc1F)C1CCC(C)CC1. The number of ether oxygens (including phenoxy) is 1. The van der Waals surface area contributed by atoms with Crippen molar-refractivity contribution in [2.24, 2.45) is 11.8 Å². The van der Waals surface area contributed by atoms with Gasteiger partial charge in [0, 0.05) is 58.4 Å². The Hall–Kier alpha value is -3.64. The lowest BCUT2D eigenvalue weighted by atomic mass is 9.77. The highest BCUT2D eigenvalue weighted by atomic mass is 19.1. The molecule has 0 bridgehead atoms. The maximum Gasteiger partial charge on any atom is 0.270 e. The molecule has 2 heterocycles. The summed E-state index contributed by atoms with van der Waals surface area (Å²) in [6.07, 6.45) is 4.92. The normalized spacial score (nSPS) is 20.9. The number of aryl methyl sites for hydroxylation is 1. The molecule has 2 aliphatic rings. The predicted molar refractivity (Wildman–Crippen MR) is 172 cm³/mol. The quantitative estimate of drug-likeness (QED) is 0.345. The first-order valence-corrected chi connectivity index (χ1v) is 16.4. The molecule has 2 N–H and O–H groups in total. The minimum Gasteiger partial charge on any atom is -0.375 e. The van der Waals surface area contributed by atoms with E-state index in [1.807, 2.05) is 14.0 Å². The molecule has 1 aliphatic heterocycles. The van der Waals surface area contributed by atoms with Gasteiger partial charge in [-0.05, 0) is 61.9 Å². The van der Waals surface area contributed by atoms with E-state index >= 15 is 4.39 Å². The summed E-state index contributed by atoms with van der Waals surface area (Å²) in [6.45, 7) is 8.69. The molecule has 12 heteroatoms. The van der Waals surface area contributed by atoms with Crippen LogP contribution >= 0.6 is 0 Å². The van der Waals surface area contributed by atoms with Gasteiger partial charge in [0.2, 0.25) is 11.8 Å². The molecule has 4 rings (SSSR count). The molecule has 2 aromatic rings. The third-order valence-corrected chi connectivity index (χ3v) is 9.55. The number of amides is 3. The molecular weight excluding hydrogens is 591 g/mol. The summed E-state index contributed by atoms with van der Waals surface area (Å²) in [5, 5.41) is 9.94. The van der Waals surface area contributed by atoms with E-state index in [1.165, 1.54) is 13.2 Å². The van der Waals surface area contributed by atoms with Gasteiger partial charge in [-0.1, -0.05) is 38.8 Å². The highest BCUT2D eigenvalue weighted by Gasteiger charge is 2.35. The van der Waals surface area contributed by atoms with Gasteiger partial charge in [0.1, 0.15) is 24.2 Å². The van der Waals surface area contributed by atoms with Crippen molar-refractivity contribution in [3.8, 4) is 0 Å². The van der Waals surface area contributed by atoms with Crippen molar-refractivity contribution >= 4 is 23.5 Å². The van der Waals surface area contributed by atoms with Gasteiger partial charge in [0.25, 0.3) is 5.91 Å². The number of nitrogens with zero attached hydrogens (tertiary/aromatic N) is 4. The highest BCUT2D eigenvalue weighted by molar-refractivity contribution is 5.97. The zero-order chi connectivity index (χ0) is 33.4. The van der Waals surface area contributed by atoms with Gasteiger partial charge in [-0.25, -0.2) is 4.39 Å². The van der Waals surface area contributed by atoms with Crippen LogP contribution in [0.25, 0.3) is 0 Å². The molecule has 1 saturated heterocycles. The van der Waals surface area contributed by atoms with Crippen molar-refractivity contribution in [3.63, 3.8) is 0 Å². The van der Waals surface area contributed by atoms with Crippen LogP contribution in [0.2, 0.25) is 0 Å². The van der Waals surface area contributed by atoms with Crippen molar-refractivity contribution in [2.75, 3.05) is 46.9 Å². The maximum atomic E-state index is 15.7. The molecule has 2 fully saturated rings. The minimum absolute atomic E-state index is 0.0370. The van der Waals surface area contributed by atoms with Crippen molar-refractivity contribution < 1.29 is 28.3 Å². The molecule has 46 heavy (non-hydrogen) atoms. The molecule has 11 nitrogen and oxygen atoms in total. The monoisotopic (exact) mass is 640 g/mol. The zero-order valence-corrected chi connectivity index (χ0v) is 27.8. The van der Waals surface area contributed by atoms with Crippen LogP contribution in [0, 0.1) is 17.7 Å². The lowest BCUT2D eigenvalue weighted by Gasteiger charge is -2.36. The number of ketones is 1. The number of carbonyl (C=O) groups excluding carboxylic acids is 4. The molecule has 252 valence electrons.